The van der Waals surface area contributed by atoms with Gasteiger partial charge in [0.25, 0.3) is 0 Å². The van der Waals surface area contributed by atoms with E-state index in [4.69, 9.17) is 11.6 Å². The molecule has 2 aromatic carbocycles. The zero-order valence-electron chi connectivity index (χ0n) is 19.5. The quantitative estimate of drug-likeness (QED) is 0.551. The topological polar surface area (TPSA) is 64.9 Å². The Morgan fingerprint density at radius 1 is 1.18 bits per heavy atom. The molecule has 3 rings (SSSR count). The molecule has 4 nitrogen and oxygen atoms in total. The van der Waals surface area contributed by atoms with Crippen molar-refractivity contribution in [1.82, 2.24) is 10.6 Å². The van der Waals surface area contributed by atoms with Crippen LogP contribution in [0.4, 0.5) is 13.2 Å². The standard InChI is InChI=1S/C26H29ClF3N3O/c1-24(2,3)12-19-15-32-22(13-25(19,16-31)18-8-10-20(27)11-9-18)23(34)33-14-17-6-4-5-7-21(17)26(28,29)30/h4-11,19,22,32H,12-15H2,1-3H3,(H,33,34). The average Bonchev–Trinajstić information content (AvgIpc) is 2.77. The van der Waals surface area contributed by atoms with Crippen molar-refractivity contribution >= 4 is 17.5 Å². The largest absolute Gasteiger partial charge is 0.416 e. The number of halogens is 4. The Balaban J connectivity index is 1.84. The summed E-state index contributed by atoms with van der Waals surface area (Å²) < 4.78 is 39.9. The summed E-state index contributed by atoms with van der Waals surface area (Å²) in [5, 5.41) is 16.8. The van der Waals surface area contributed by atoms with Crippen LogP contribution in [0.1, 0.15) is 50.3 Å². The fourth-order valence-electron chi connectivity index (χ4n) is 4.75. The maximum absolute atomic E-state index is 13.3. The van der Waals surface area contributed by atoms with E-state index in [1.165, 1.54) is 18.2 Å². The molecule has 1 fully saturated rings. The zero-order valence-corrected chi connectivity index (χ0v) is 20.2. The van der Waals surface area contributed by atoms with Gasteiger partial charge in [-0.05, 0) is 53.5 Å². The van der Waals surface area contributed by atoms with Crippen molar-refractivity contribution in [2.75, 3.05) is 6.54 Å². The Labute approximate surface area is 203 Å². The van der Waals surface area contributed by atoms with Crippen LogP contribution in [0.15, 0.2) is 48.5 Å². The molecule has 182 valence electrons. The Kier molecular flexibility index (Phi) is 7.64. The molecule has 1 aliphatic heterocycles. The Bertz CT molecular complexity index is 1060. The first kappa shape index (κ1) is 26.1. The van der Waals surface area contributed by atoms with E-state index < -0.39 is 29.1 Å². The summed E-state index contributed by atoms with van der Waals surface area (Å²) >= 11 is 6.07. The molecule has 3 unspecified atom stereocenters. The van der Waals surface area contributed by atoms with E-state index in [0.29, 0.717) is 11.6 Å². The molecule has 0 aromatic heterocycles. The lowest BCUT2D eigenvalue weighted by atomic mass is 9.61. The van der Waals surface area contributed by atoms with Crippen molar-refractivity contribution in [1.29, 1.82) is 5.26 Å². The minimum atomic E-state index is -4.50. The maximum atomic E-state index is 13.3. The molecule has 8 heteroatoms. The van der Waals surface area contributed by atoms with Gasteiger partial charge < -0.3 is 10.6 Å². The van der Waals surface area contributed by atoms with Crippen molar-refractivity contribution < 1.29 is 18.0 Å². The van der Waals surface area contributed by atoms with Gasteiger partial charge in [-0.2, -0.15) is 18.4 Å². The predicted molar refractivity (Wildman–Crippen MR) is 126 cm³/mol. The van der Waals surface area contributed by atoms with E-state index in [9.17, 15) is 23.2 Å². The Morgan fingerprint density at radius 2 is 1.82 bits per heavy atom. The van der Waals surface area contributed by atoms with Crippen molar-refractivity contribution in [2.45, 2.75) is 57.8 Å². The van der Waals surface area contributed by atoms with Crippen molar-refractivity contribution in [3.8, 4) is 6.07 Å². The number of carbonyl (C=O) groups is 1. The zero-order chi connectivity index (χ0) is 25.1. The summed E-state index contributed by atoms with van der Waals surface area (Å²) in [6.07, 6.45) is -3.54. The highest BCUT2D eigenvalue weighted by molar-refractivity contribution is 6.30. The molecule has 0 radical (unpaired) electrons. The van der Waals surface area contributed by atoms with E-state index >= 15 is 0 Å². The summed E-state index contributed by atoms with van der Waals surface area (Å²) in [6, 6.07) is 14.1. The SMILES string of the molecule is CC(C)(C)CC1CNC(C(=O)NCc2ccccc2C(F)(F)F)CC1(C#N)c1ccc(Cl)cc1. The Morgan fingerprint density at radius 3 is 2.41 bits per heavy atom. The fourth-order valence-corrected chi connectivity index (χ4v) is 4.88. The highest BCUT2D eigenvalue weighted by Gasteiger charge is 2.48. The van der Waals surface area contributed by atoms with Gasteiger partial charge in [-0.25, -0.2) is 0 Å². The summed E-state index contributed by atoms with van der Waals surface area (Å²) in [6.45, 7) is 6.50. The summed E-state index contributed by atoms with van der Waals surface area (Å²) in [4.78, 5) is 13.0. The second-order valence-electron chi connectivity index (χ2n) is 10.1. The monoisotopic (exact) mass is 491 g/mol. The maximum Gasteiger partial charge on any atom is 0.416 e. The van der Waals surface area contributed by atoms with Gasteiger partial charge in [0.05, 0.1) is 23.1 Å². The molecule has 0 aliphatic carbocycles. The van der Waals surface area contributed by atoms with Crippen LogP contribution in [-0.2, 0) is 22.9 Å². The first-order chi connectivity index (χ1) is 15.9. The summed E-state index contributed by atoms with van der Waals surface area (Å²) in [7, 11) is 0. The van der Waals surface area contributed by atoms with Gasteiger partial charge in [0.2, 0.25) is 5.91 Å². The first-order valence-corrected chi connectivity index (χ1v) is 11.6. The van der Waals surface area contributed by atoms with Gasteiger partial charge in [0.1, 0.15) is 0 Å². The number of rotatable bonds is 5. The van der Waals surface area contributed by atoms with E-state index in [2.05, 4.69) is 37.5 Å². The smallest absolute Gasteiger partial charge is 0.351 e. The number of nitrogens with one attached hydrogen (secondary N) is 2. The molecule has 3 atom stereocenters. The van der Waals surface area contributed by atoms with Gasteiger partial charge in [0.15, 0.2) is 0 Å². The van der Waals surface area contributed by atoms with Crippen LogP contribution in [0.3, 0.4) is 0 Å². The van der Waals surface area contributed by atoms with Gasteiger partial charge in [-0.3, -0.25) is 4.79 Å². The molecule has 0 spiro atoms. The van der Waals surface area contributed by atoms with E-state index in [0.717, 1.165) is 18.1 Å². The fraction of sp³-hybridized carbons (Fsp3) is 0.462. The molecule has 0 bridgehead atoms. The van der Waals surface area contributed by atoms with E-state index in [1.807, 2.05) is 12.1 Å². The molecule has 1 amide bonds. The molecule has 34 heavy (non-hydrogen) atoms. The molecule has 2 N–H and O–H groups in total. The lowest BCUT2D eigenvalue weighted by Gasteiger charge is -2.45. The van der Waals surface area contributed by atoms with Crippen LogP contribution in [0.2, 0.25) is 5.02 Å². The number of carbonyl (C=O) groups excluding carboxylic acids is 1. The van der Waals surface area contributed by atoms with Crippen LogP contribution in [0.5, 0.6) is 0 Å². The van der Waals surface area contributed by atoms with Crippen LogP contribution in [0, 0.1) is 22.7 Å². The third-order valence-electron chi connectivity index (χ3n) is 6.34. The normalized spacial score (nSPS) is 23.2. The molecule has 1 aliphatic rings. The number of benzene rings is 2. The number of piperidine rings is 1. The van der Waals surface area contributed by atoms with Crippen LogP contribution in [-0.4, -0.2) is 18.5 Å². The van der Waals surface area contributed by atoms with Gasteiger partial charge in [-0.1, -0.05) is 62.7 Å². The molecule has 1 saturated heterocycles. The molecular formula is C26H29ClF3N3O. The number of nitriles is 1. The van der Waals surface area contributed by atoms with Crippen LogP contribution >= 0.6 is 11.6 Å². The molecule has 0 saturated carbocycles. The number of alkyl halides is 3. The van der Waals surface area contributed by atoms with Crippen molar-refractivity contribution in [3.05, 3.63) is 70.2 Å². The van der Waals surface area contributed by atoms with Gasteiger partial charge in [0, 0.05) is 18.1 Å². The lowest BCUT2D eigenvalue weighted by molar-refractivity contribution is -0.138. The highest BCUT2D eigenvalue weighted by atomic mass is 35.5. The number of hydrogen-bond donors (Lipinski definition) is 2. The minimum Gasteiger partial charge on any atom is -0.351 e. The molecule has 1 heterocycles. The van der Waals surface area contributed by atoms with Crippen LogP contribution in [0.25, 0.3) is 0 Å². The minimum absolute atomic E-state index is 0.00554. The number of hydrogen-bond acceptors (Lipinski definition) is 3. The lowest BCUT2D eigenvalue weighted by Crippen LogP contribution is -2.57. The third-order valence-corrected chi connectivity index (χ3v) is 6.60. The van der Waals surface area contributed by atoms with Crippen molar-refractivity contribution in [2.24, 2.45) is 11.3 Å². The van der Waals surface area contributed by atoms with Gasteiger partial charge >= 0.3 is 6.18 Å². The number of amides is 1. The third kappa shape index (κ3) is 5.92. The van der Waals surface area contributed by atoms with Crippen LogP contribution < -0.4 is 10.6 Å². The first-order valence-electron chi connectivity index (χ1n) is 11.2. The second kappa shape index (κ2) is 9.97. The molecule has 2 aromatic rings. The predicted octanol–water partition coefficient (Wildman–Crippen LogP) is 5.85. The van der Waals surface area contributed by atoms with Gasteiger partial charge in [-0.15, -0.1) is 0 Å². The average molecular weight is 492 g/mol. The summed E-state index contributed by atoms with van der Waals surface area (Å²) in [5.41, 5.74) is -0.971. The highest BCUT2D eigenvalue weighted by Crippen LogP contribution is 2.44. The van der Waals surface area contributed by atoms with E-state index in [1.54, 1.807) is 12.1 Å². The number of nitrogens with zero attached hydrogens (tertiary/aromatic N) is 1. The molecular weight excluding hydrogens is 463 g/mol. The summed E-state index contributed by atoms with van der Waals surface area (Å²) in [5.74, 6) is -0.492. The van der Waals surface area contributed by atoms with Crippen molar-refractivity contribution in [3.63, 3.8) is 0 Å². The second-order valence-corrected chi connectivity index (χ2v) is 10.5. The Hall–Kier alpha value is -2.56. The van der Waals surface area contributed by atoms with E-state index in [-0.39, 0.29) is 29.9 Å².